The zero-order valence-corrected chi connectivity index (χ0v) is 11.4. The van der Waals surface area contributed by atoms with E-state index in [1.54, 1.807) is 0 Å². The van der Waals surface area contributed by atoms with Gasteiger partial charge in [-0.3, -0.25) is 4.79 Å². The maximum atomic E-state index is 12.0. The number of hydrogen-bond acceptors (Lipinski definition) is 2. The van der Waals surface area contributed by atoms with Crippen LogP contribution in [0.15, 0.2) is 11.6 Å². The minimum atomic E-state index is -0.752. The van der Waals surface area contributed by atoms with Crippen LogP contribution in [0.25, 0.3) is 0 Å². The Morgan fingerprint density at radius 2 is 2.11 bits per heavy atom. The molecule has 0 aromatic heterocycles. The molecule has 0 aromatic rings. The number of carboxylic acid groups (broad SMARTS) is 1. The quantitative estimate of drug-likeness (QED) is 0.703. The average Bonchev–Trinajstić information content (AvgIpc) is 2.67. The minimum Gasteiger partial charge on any atom is -0.481 e. The van der Waals surface area contributed by atoms with E-state index < -0.39 is 22.9 Å². The Balaban J connectivity index is 2.27. The zero-order chi connectivity index (χ0) is 13.3. The van der Waals surface area contributed by atoms with Crippen LogP contribution in [0.4, 0.5) is 0 Å². The van der Waals surface area contributed by atoms with Crippen molar-refractivity contribution in [2.24, 2.45) is 22.2 Å². The Labute approximate surface area is 108 Å². The minimum absolute atomic E-state index is 0.0779. The van der Waals surface area contributed by atoms with Gasteiger partial charge in [0, 0.05) is 5.41 Å². The van der Waals surface area contributed by atoms with Crippen molar-refractivity contribution in [1.29, 1.82) is 0 Å². The highest BCUT2D eigenvalue weighted by molar-refractivity contribution is 5.79. The first-order valence-corrected chi connectivity index (χ1v) is 6.88. The van der Waals surface area contributed by atoms with E-state index in [-0.39, 0.29) is 11.3 Å². The van der Waals surface area contributed by atoms with Crippen LogP contribution in [0.5, 0.6) is 0 Å². The van der Waals surface area contributed by atoms with Gasteiger partial charge < -0.3 is 10.2 Å². The molecule has 0 aromatic carbocycles. The molecular weight excluding hydrogens is 228 g/mol. The molecule has 3 heteroatoms. The lowest BCUT2D eigenvalue weighted by Crippen LogP contribution is -2.51. The normalized spacial score (nSPS) is 54.1. The summed E-state index contributed by atoms with van der Waals surface area (Å²) in [6, 6.07) is 0. The number of aliphatic carboxylic acids is 1. The number of fused-ring (bicyclic) bond motifs is 5. The summed E-state index contributed by atoms with van der Waals surface area (Å²) in [5, 5.41) is 20.4. The lowest BCUT2D eigenvalue weighted by Gasteiger charge is -2.46. The van der Waals surface area contributed by atoms with Crippen LogP contribution >= 0.6 is 0 Å². The number of hydrogen-bond donors (Lipinski definition) is 2. The number of allylic oxidation sites excluding steroid dienone is 2. The van der Waals surface area contributed by atoms with Gasteiger partial charge in [0.15, 0.2) is 0 Å². The van der Waals surface area contributed by atoms with Crippen LogP contribution in [0.2, 0.25) is 0 Å². The summed E-state index contributed by atoms with van der Waals surface area (Å²) in [6.45, 7) is 6.25. The van der Waals surface area contributed by atoms with Gasteiger partial charge in [0.1, 0.15) is 0 Å². The topological polar surface area (TPSA) is 57.5 Å². The molecule has 0 amide bonds. The first-order valence-electron chi connectivity index (χ1n) is 6.88. The van der Waals surface area contributed by atoms with Gasteiger partial charge in [-0.1, -0.05) is 25.5 Å². The number of aliphatic hydroxyl groups is 1. The summed E-state index contributed by atoms with van der Waals surface area (Å²) in [6.07, 6.45) is 4.78. The van der Waals surface area contributed by atoms with Crippen LogP contribution < -0.4 is 0 Å². The van der Waals surface area contributed by atoms with Crippen molar-refractivity contribution in [1.82, 2.24) is 0 Å². The third kappa shape index (κ3) is 0.965. The molecule has 3 aliphatic carbocycles. The summed E-state index contributed by atoms with van der Waals surface area (Å²) in [5.41, 5.74) is -0.109. The standard InChI is InChI=1S/C15H22O3/c1-9-4-6-13(2)8-10(9)15(12(17)18)7-5-11(16)14(13,15)3/h4,10-11,16H,5-8H2,1-3H3,(H,17,18). The predicted molar refractivity (Wildman–Crippen MR) is 68.0 cm³/mol. The molecule has 2 fully saturated rings. The second-order valence-corrected chi connectivity index (χ2v) is 7.00. The molecule has 2 N–H and O–H groups in total. The Hall–Kier alpha value is -0.830. The van der Waals surface area contributed by atoms with E-state index >= 15 is 0 Å². The molecule has 5 unspecified atom stereocenters. The Morgan fingerprint density at radius 1 is 1.44 bits per heavy atom. The molecule has 2 bridgehead atoms. The summed E-state index contributed by atoms with van der Waals surface area (Å²) < 4.78 is 0. The van der Waals surface area contributed by atoms with Gasteiger partial charge in [-0.25, -0.2) is 0 Å². The predicted octanol–water partition coefficient (Wildman–Crippen LogP) is 2.59. The monoisotopic (exact) mass is 250 g/mol. The maximum absolute atomic E-state index is 12.0. The summed E-state index contributed by atoms with van der Waals surface area (Å²) in [4.78, 5) is 12.0. The number of carboxylic acids is 1. The fourth-order valence-corrected chi connectivity index (χ4v) is 5.38. The third-order valence-electron chi connectivity index (χ3n) is 6.71. The molecule has 3 aliphatic rings. The highest BCUT2D eigenvalue weighted by Gasteiger charge is 2.76. The average molecular weight is 250 g/mol. The summed E-state index contributed by atoms with van der Waals surface area (Å²) in [5.74, 6) is -0.596. The van der Waals surface area contributed by atoms with Crippen LogP contribution in [0.1, 0.15) is 46.5 Å². The van der Waals surface area contributed by atoms with Crippen molar-refractivity contribution in [3.63, 3.8) is 0 Å². The Bertz CT molecular complexity index is 455. The van der Waals surface area contributed by atoms with E-state index in [4.69, 9.17) is 0 Å². The van der Waals surface area contributed by atoms with Crippen LogP contribution in [0.3, 0.4) is 0 Å². The second-order valence-electron chi connectivity index (χ2n) is 7.00. The van der Waals surface area contributed by atoms with Crippen LogP contribution in [0, 0.1) is 22.2 Å². The van der Waals surface area contributed by atoms with Gasteiger partial charge >= 0.3 is 5.97 Å². The highest BCUT2D eigenvalue weighted by atomic mass is 16.4. The first kappa shape index (κ1) is 12.2. The molecule has 3 rings (SSSR count). The fraction of sp³-hybridized carbons (Fsp3) is 0.800. The van der Waals surface area contributed by atoms with Crippen LogP contribution in [-0.2, 0) is 4.79 Å². The highest BCUT2D eigenvalue weighted by Crippen LogP contribution is 2.76. The molecule has 0 radical (unpaired) electrons. The molecular formula is C15H22O3. The molecule has 3 nitrogen and oxygen atoms in total. The molecule has 0 heterocycles. The van der Waals surface area contributed by atoms with E-state index in [1.807, 2.05) is 6.92 Å². The van der Waals surface area contributed by atoms with E-state index in [0.717, 1.165) is 12.8 Å². The van der Waals surface area contributed by atoms with E-state index in [2.05, 4.69) is 19.9 Å². The van der Waals surface area contributed by atoms with E-state index in [0.29, 0.717) is 12.8 Å². The maximum Gasteiger partial charge on any atom is 0.310 e. The zero-order valence-electron chi connectivity index (χ0n) is 11.4. The smallest absolute Gasteiger partial charge is 0.310 e. The SMILES string of the molecule is CC1=CCC2(C)CC1C1(C(=O)O)CCC(O)C21C. The van der Waals surface area contributed by atoms with Crippen molar-refractivity contribution < 1.29 is 15.0 Å². The summed E-state index contributed by atoms with van der Waals surface area (Å²) >= 11 is 0. The van der Waals surface area contributed by atoms with Crippen molar-refractivity contribution in [2.75, 3.05) is 0 Å². The van der Waals surface area contributed by atoms with Crippen molar-refractivity contribution in [2.45, 2.75) is 52.6 Å². The van der Waals surface area contributed by atoms with Crippen molar-refractivity contribution >= 4 is 5.97 Å². The van der Waals surface area contributed by atoms with Gasteiger partial charge in [-0.2, -0.15) is 0 Å². The van der Waals surface area contributed by atoms with Crippen molar-refractivity contribution in [3.8, 4) is 0 Å². The molecule has 5 atom stereocenters. The van der Waals surface area contributed by atoms with E-state index in [1.165, 1.54) is 5.57 Å². The number of carbonyl (C=O) groups is 1. The molecule has 0 aliphatic heterocycles. The lowest BCUT2D eigenvalue weighted by atomic mass is 9.57. The fourth-order valence-electron chi connectivity index (χ4n) is 5.38. The molecule has 0 saturated heterocycles. The van der Waals surface area contributed by atoms with Crippen LogP contribution in [-0.4, -0.2) is 22.3 Å². The van der Waals surface area contributed by atoms with Gasteiger partial charge in [-0.05, 0) is 43.9 Å². The van der Waals surface area contributed by atoms with Gasteiger partial charge in [-0.15, -0.1) is 0 Å². The van der Waals surface area contributed by atoms with Gasteiger partial charge in [0.05, 0.1) is 11.5 Å². The number of aliphatic hydroxyl groups excluding tert-OH is 1. The number of rotatable bonds is 1. The Morgan fingerprint density at radius 3 is 2.72 bits per heavy atom. The summed E-state index contributed by atoms with van der Waals surface area (Å²) in [7, 11) is 0. The molecule has 18 heavy (non-hydrogen) atoms. The van der Waals surface area contributed by atoms with Gasteiger partial charge in [0.25, 0.3) is 0 Å². The third-order valence-corrected chi connectivity index (χ3v) is 6.71. The molecule has 0 spiro atoms. The van der Waals surface area contributed by atoms with Crippen molar-refractivity contribution in [3.05, 3.63) is 11.6 Å². The molecule has 100 valence electrons. The van der Waals surface area contributed by atoms with E-state index in [9.17, 15) is 15.0 Å². The second kappa shape index (κ2) is 3.19. The largest absolute Gasteiger partial charge is 0.481 e. The first-order chi connectivity index (χ1) is 8.29. The lowest BCUT2D eigenvalue weighted by molar-refractivity contribution is -0.163. The Kier molecular flexibility index (Phi) is 2.16. The molecule has 2 saturated carbocycles. The van der Waals surface area contributed by atoms with Gasteiger partial charge in [0.2, 0.25) is 0 Å².